The van der Waals surface area contributed by atoms with Crippen LogP contribution < -0.4 is 5.32 Å². The van der Waals surface area contributed by atoms with Gasteiger partial charge in [-0.2, -0.15) is 0 Å². The van der Waals surface area contributed by atoms with Crippen LogP contribution in [0.2, 0.25) is 0 Å². The van der Waals surface area contributed by atoms with Crippen molar-refractivity contribution in [2.24, 2.45) is 5.92 Å². The van der Waals surface area contributed by atoms with Crippen molar-refractivity contribution in [1.29, 1.82) is 0 Å². The second kappa shape index (κ2) is 8.28. The Hall–Kier alpha value is -2.17. The summed E-state index contributed by atoms with van der Waals surface area (Å²) in [5, 5.41) is 12.9. The van der Waals surface area contributed by atoms with E-state index in [4.69, 9.17) is 0 Å². The zero-order valence-electron chi connectivity index (χ0n) is 14.7. The Balaban J connectivity index is 1.67. The summed E-state index contributed by atoms with van der Waals surface area (Å²) in [6.07, 6.45) is 0.891. The quantitative estimate of drug-likeness (QED) is 0.881. The number of piperidine rings is 1. The molecule has 2 aromatic rings. The highest BCUT2D eigenvalue weighted by molar-refractivity contribution is 5.95. The third-order valence-corrected chi connectivity index (χ3v) is 5.03. The van der Waals surface area contributed by atoms with Crippen molar-refractivity contribution >= 4 is 5.91 Å². The number of nitrogens with zero attached hydrogens (tertiary/aromatic N) is 1. The Labute approximate surface area is 149 Å². The lowest BCUT2D eigenvalue weighted by Crippen LogP contribution is -2.53. The average molecular weight is 338 g/mol. The number of benzene rings is 2. The molecule has 1 aliphatic heterocycles. The molecule has 0 bridgehead atoms. The van der Waals surface area contributed by atoms with Crippen LogP contribution in [0.15, 0.2) is 54.6 Å². The van der Waals surface area contributed by atoms with Crippen molar-refractivity contribution in [2.45, 2.75) is 25.9 Å². The summed E-state index contributed by atoms with van der Waals surface area (Å²) < 4.78 is 0. The molecule has 0 saturated carbocycles. The molecular weight excluding hydrogens is 312 g/mol. The molecule has 132 valence electrons. The maximum atomic E-state index is 12.6. The van der Waals surface area contributed by atoms with E-state index >= 15 is 0 Å². The molecule has 25 heavy (non-hydrogen) atoms. The smallest absolute Gasteiger partial charge is 0.251 e. The van der Waals surface area contributed by atoms with E-state index in [0.717, 1.165) is 31.6 Å². The first-order valence-electron chi connectivity index (χ1n) is 8.91. The first kappa shape index (κ1) is 17.6. The van der Waals surface area contributed by atoms with Crippen LogP contribution >= 0.6 is 0 Å². The fourth-order valence-electron chi connectivity index (χ4n) is 3.51. The molecule has 3 rings (SSSR count). The molecule has 1 fully saturated rings. The monoisotopic (exact) mass is 338 g/mol. The highest BCUT2D eigenvalue weighted by Gasteiger charge is 2.30. The van der Waals surface area contributed by atoms with Crippen LogP contribution in [0.5, 0.6) is 0 Å². The van der Waals surface area contributed by atoms with E-state index in [1.165, 1.54) is 5.56 Å². The molecule has 0 aliphatic carbocycles. The largest absolute Gasteiger partial charge is 0.396 e. The second-order valence-electron chi connectivity index (χ2n) is 6.85. The number of amides is 1. The van der Waals surface area contributed by atoms with Gasteiger partial charge in [0.15, 0.2) is 0 Å². The topological polar surface area (TPSA) is 52.6 Å². The van der Waals surface area contributed by atoms with Crippen molar-refractivity contribution < 1.29 is 9.90 Å². The Morgan fingerprint density at radius 3 is 2.60 bits per heavy atom. The van der Waals surface area contributed by atoms with Crippen LogP contribution in [0.25, 0.3) is 0 Å². The number of hydrogen-bond acceptors (Lipinski definition) is 3. The van der Waals surface area contributed by atoms with Crippen LogP contribution in [-0.4, -0.2) is 41.7 Å². The van der Waals surface area contributed by atoms with Gasteiger partial charge in [-0.1, -0.05) is 48.5 Å². The molecule has 2 aromatic carbocycles. The molecule has 2 N–H and O–H groups in total. The Kier molecular flexibility index (Phi) is 5.84. The predicted octanol–water partition coefficient (Wildman–Crippen LogP) is 2.61. The lowest BCUT2D eigenvalue weighted by molar-refractivity contribution is 0.0730. The fourth-order valence-corrected chi connectivity index (χ4v) is 3.51. The number of nitrogens with one attached hydrogen (secondary N) is 1. The number of aliphatic hydroxyl groups excluding tert-OH is 1. The lowest BCUT2D eigenvalue weighted by Gasteiger charge is -2.38. The van der Waals surface area contributed by atoms with Crippen LogP contribution in [0.1, 0.15) is 27.9 Å². The molecule has 2 atom stereocenters. The number of carbonyl (C=O) groups is 1. The summed E-state index contributed by atoms with van der Waals surface area (Å²) in [6, 6.07) is 17.9. The van der Waals surface area contributed by atoms with Gasteiger partial charge in [-0.15, -0.1) is 0 Å². The van der Waals surface area contributed by atoms with E-state index in [1.54, 1.807) is 0 Å². The first-order valence-corrected chi connectivity index (χ1v) is 8.91. The maximum Gasteiger partial charge on any atom is 0.251 e. The Bertz CT molecular complexity index is 702. The number of aryl methyl sites for hydroxylation is 1. The van der Waals surface area contributed by atoms with Crippen LogP contribution in [0.3, 0.4) is 0 Å². The number of likely N-dealkylation sites (tertiary alicyclic amines) is 1. The van der Waals surface area contributed by atoms with Gasteiger partial charge in [-0.05, 0) is 37.1 Å². The molecule has 1 saturated heterocycles. The molecule has 0 spiro atoms. The minimum absolute atomic E-state index is 0.0328. The highest BCUT2D eigenvalue weighted by atomic mass is 16.3. The zero-order chi connectivity index (χ0) is 17.6. The van der Waals surface area contributed by atoms with Gasteiger partial charge in [-0.25, -0.2) is 0 Å². The number of hydrogen-bond donors (Lipinski definition) is 2. The third kappa shape index (κ3) is 4.47. The Morgan fingerprint density at radius 1 is 1.16 bits per heavy atom. The van der Waals surface area contributed by atoms with Crippen molar-refractivity contribution in [3.63, 3.8) is 0 Å². The molecule has 4 heteroatoms. The lowest BCUT2D eigenvalue weighted by atomic mass is 9.91. The minimum Gasteiger partial charge on any atom is -0.396 e. The average Bonchev–Trinajstić information content (AvgIpc) is 2.63. The van der Waals surface area contributed by atoms with Crippen LogP contribution in [0, 0.1) is 12.8 Å². The zero-order valence-corrected chi connectivity index (χ0v) is 14.7. The van der Waals surface area contributed by atoms with Gasteiger partial charge in [0, 0.05) is 37.2 Å². The van der Waals surface area contributed by atoms with Gasteiger partial charge >= 0.3 is 0 Å². The van der Waals surface area contributed by atoms with E-state index in [9.17, 15) is 9.90 Å². The third-order valence-electron chi connectivity index (χ3n) is 5.03. The van der Waals surface area contributed by atoms with Gasteiger partial charge in [-0.3, -0.25) is 9.69 Å². The first-order chi connectivity index (χ1) is 12.2. The number of aliphatic hydroxyl groups is 1. The van der Waals surface area contributed by atoms with E-state index < -0.39 is 0 Å². The van der Waals surface area contributed by atoms with Gasteiger partial charge in [0.05, 0.1) is 0 Å². The van der Waals surface area contributed by atoms with Gasteiger partial charge < -0.3 is 10.4 Å². The van der Waals surface area contributed by atoms with Crippen molar-refractivity contribution in [3.8, 4) is 0 Å². The van der Waals surface area contributed by atoms with E-state index in [1.807, 2.05) is 49.4 Å². The van der Waals surface area contributed by atoms with Gasteiger partial charge in [0.2, 0.25) is 0 Å². The van der Waals surface area contributed by atoms with Crippen LogP contribution in [-0.2, 0) is 6.54 Å². The number of rotatable bonds is 5. The number of carbonyl (C=O) groups excluding carboxylic acids is 1. The standard InChI is InChI=1S/C21H26N2O2/c1-16-7-5-6-10-19(16)21(25)22-20-14-23(12-11-18(20)15-24)13-17-8-3-2-4-9-17/h2-10,18,20,24H,11-15H2,1H3,(H,22,25). The van der Waals surface area contributed by atoms with Crippen molar-refractivity contribution in [2.75, 3.05) is 19.7 Å². The summed E-state index contributed by atoms with van der Waals surface area (Å²) in [5.41, 5.74) is 2.95. The van der Waals surface area contributed by atoms with Crippen molar-refractivity contribution in [1.82, 2.24) is 10.2 Å². The summed E-state index contributed by atoms with van der Waals surface area (Å²) in [6.45, 7) is 4.63. The molecule has 1 aliphatic rings. The van der Waals surface area contributed by atoms with E-state index in [0.29, 0.717) is 5.56 Å². The van der Waals surface area contributed by atoms with Crippen molar-refractivity contribution in [3.05, 3.63) is 71.3 Å². The molecule has 0 aromatic heterocycles. The molecule has 0 radical (unpaired) electrons. The van der Waals surface area contributed by atoms with Crippen LogP contribution in [0.4, 0.5) is 0 Å². The molecule has 1 amide bonds. The maximum absolute atomic E-state index is 12.6. The minimum atomic E-state index is -0.0527. The van der Waals surface area contributed by atoms with E-state index in [2.05, 4.69) is 22.3 Å². The highest BCUT2D eigenvalue weighted by Crippen LogP contribution is 2.20. The van der Waals surface area contributed by atoms with Gasteiger partial charge in [0.25, 0.3) is 5.91 Å². The summed E-state index contributed by atoms with van der Waals surface area (Å²) in [5.74, 6) is 0.0584. The van der Waals surface area contributed by atoms with E-state index in [-0.39, 0.29) is 24.5 Å². The van der Waals surface area contributed by atoms with Gasteiger partial charge in [0.1, 0.15) is 0 Å². The summed E-state index contributed by atoms with van der Waals surface area (Å²) >= 11 is 0. The predicted molar refractivity (Wildman–Crippen MR) is 99.3 cm³/mol. The molecule has 1 heterocycles. The second-order valence-corrected chi connectivity index (χ2v) is 6.85. The fraction of sp³-hybridized carbons (Fsp3) is 0.381. The molecular formula is C21H26N2O2. The molecule has 2 unspecified atom stereocenters. The summed E-state index contributed by atoms with van der Waals surface area (Å²) in [4.78, 5) is 15.0. The Morgan fingerprint density at radius 2 is 1.88 bits per heavy atom. The molecule has 4 nitrogen and oxygen atoms in total. The summed E-state index contributed by atoms with van der Waals surface area (Å²) in [7, 11) is 0. The SMILES string of the molecule is Cc1ccccc1C(=O)NC1CN(Cc2ccccc2)CCC1CO. The normalized spacial score (nSPS) is 21.0.